The molecule has 0 atom stereocenters. The third kappa shape index (κ3) is 6.20. The normalized spacial score (nSPS) is 13.5. The zero-order valence-corrected chi connectivity index (χ0v) is 35.5. The van der Waals surface area contributed by atoms with Crippen LogP contribution in [0.3, 0.4) is 0 Å². The molecule has 0 amide bonds. The summed E-state index contributed by atoms with van der Waals surface area (Å²) >= 11 is 0. The minimum absolute atomic E-state index is 0.0916. The summed E-state index contributed by atoms with van der Waals surface area (Å²) in [6, 6.07) is 72.6. The first-order chi connectivity index (χ1) is 33.2. The molecule has 0 saturated carbocycles. The first-order valence-electron chi connectivity index (χ1n) is 23.9. The van der Waals surface area contributed by atoms with Crippen LogP contribution in [0, 0.1) is 0 Å². The highest BCUT2D eigenvalue weighted by atomic mass is 15.1. The molecule has 0 saturated heterocycles. The Hall–Kier alpha value is -8.14. The Labute approximate surface area is 380 Å². The molecule has 10 aromatic carbocycles. The molecule has 0 N–H and O–H groups in total. The van der Waals surface area contributed by atoms with Crippen molar-refractivity contribution < 1.29 is 5.48 Å². The molecule has 0 spiro atoms. The predicted molar refractivity (Wildman–Crippen MR) is 271 cm³/mol. The van der Waals surface area contributed by atoms with E-state index in [0.717, 1.165) is 66.9 Å². The van der Waals surface area contributed by atoms with E-state index in [1.165, 1.54) is 22.1 Å². The van der Waals surface area contributed by atoms with Gasteiger partial charge >= 0.3 is 0 Å². The lowest BCUT2D eigenvalue weighted by Gasteiger charge is -2.28. The van der Waals surface area contributed by atoms with Gasteiger partial charge in [-0.1, -0.05) is 147 Å². The number of hydrogen-bond acceptors (Lipinski definition) is 2. The minimum Gasteiger partial charge on any atom is -0.310 e. The highest BCUT2D eigenvalue weighted by Gasteiger charge is 2.35. The second kappa shape index (κ2) is 15.0. The fourth-order valence-electron chi connectivity index (χ4n) is 9.88. The number of hydrogen-bond donors (Lipinski definition) is 0. The molecule has 0 unspecified atom stereocenters. The summed E-state index contributed by atoms with van der Waals surface area (Å²) in [6.45, 7) is 4.46. The van der Waals surface area contributed by atoms with Crippen molar-refractivity contribution in [3.05, 3.63) is 248 Å². The molecule has 1 aromatic heterocycles. The SMILES string of the molecule is [2H]c1c([2H])c(N(c2ccccc2)c2ccc3c(c2)C(C)(C)c2ccccc2-3)c([2H])c([2H])c1-c1ccc2cc(N(c3ccccc3)c3ccc4c(c3)c3ccccc3n4-c3ccccc3)ccc2c1. The standard InChI is InChI=1S/C61H45N3/c1-61(2)57-24-14-12-22-53(57)54-36-34-52(41-58(54)61)62(46-16-6-3-7-17-46)49-31-28-42(29-32-49)43-26-27-45-39-50(33-30-44(45)38-43)63(47-18-8-4-9-19-47)51-35-37-60-56(40-51)55-23-13-15-25-59(55)64(60)48-20-10-5-11-21-48/h3-41H,1-2H3/i28D,29D,31D,32D. The van der Waals surface area contributed by atoms with Gasteiger partial charge in [-0.15, -0.1) is 0 Å². The first kappa shape index (κ1) is 33.5. The molecule has 1 aliphatic carbocycles. The van der Waals surface area contributed by atoms with Crippen molar-refractivity contribution >= 4 is 66.7 Å². The molecule has 64 heavy (non-hydrogen) atoms. The van der Waals surface area contributed by atoms with E-state index in [9.17, 15) is 5.48 Å². The van der Waals surface area contributed by atoms with Gasteiger partial charge in [-0.25, -0.2) is 0 Å². The average molecular weight is 824 g/mol. The summed E-state index contributed by atoms with van der Waals surface area (Å²) in [7, 11) is 0. The maximum atomic E-state index is 9.59. The van der Waals surface area contributed by atoms with E-state index in [-0.39, 0.29) is 40.8 Å². The van der Waals surface area contributed by atoms with Gasteiger partial charge < -0.3 is 14.4 Å². The summed E-state index contributed by atoms with van der Waals surface area (Å²) in [6.07, 6.45) is 0. The van der Waals surface area contributed by atoms with Crippen LogP contribution in [0.1, 0.15) is 30.5 Å². The number of benzene rings is 10. The molecule has 3 heteroatoms. The number of fused-ring (bicyclic) bond motifs is 7. The van der Waals surface area contributed by atoms with Crippen molar-refractivity contribution in [2.45, 2.75) is 19.3 Å². The Bertz CT molecular complexity index is 3740. The monoisotopic (exact) mass is 823 g/mol. The first-order valence-corrected chi connectivity index (χ1v) is 21.9. The van der Waals surface area contributed by atoms with E-state index in [0.29, 0.717) is 5.56 Å². The van der Waals surface area contributed by atoms with Gasteiger partial charge in [0, 0.05) is 56.0 Å². The topological polar surface area (TPSA) is 11.4 Å². The molecule has 0 fully saturated rings. The van der Waals surface area contributed by atoms with E-state index >= 15 is 0 Å². The smallest absolute Gasteiger partial charge is 0.0645 e. The van der Waals surface area contributed by atoms with Crippen molar-refractivity contribution in [1.29, 1.82) is 0 Å². The molecular weight excluding hydrogens is 775 g/mol. The Kier molecular flexibility index (Phi) is 7.87. The summed E-state index contributed by atoms with van der Waals surface area (Å²) in [4.78, 5) is 4.16. The van der Waals surface area contributed by atoms with Crippen molar-refractivity contribution in [2.24, 2.45) is 0 Å². The van der Waals surface area contributed by atoms with Crippen LogP contribution in [0.2, 0.25) is 0 Å². The van der Waals surface area contributed by atoms with E-state index in [4.69, 9.17) is 0 Å². The molecule has 0 radical (unpaired) electrons. The molecule has 12 rings (SSSR count). The van der Waals surface area contributed by atoms with Crippen LogP contribution in [0.5, 0.6) is 0 Å². The highest BCUT2D eigenvalue weighted by molar-refractivity contribution is 6.11. The molecule has 11 aromatic rings. The van der Waals surface area contributed by atoms with Crippen molar-refractivity contribution in [1.82, 2.24) is 4.57 Å². The van der Waals surface area contributed by atoms with Crippen molar-refractivity contribution in [3.8, 4) is 27.9 Å². The lowest BCUT2D eigenvalue weighted by Crippen LogP contribution is -2.16. The third-order valence-electron chi connectivity index (χ3n) is 13.0. The average Bonchev–Trinajstić information content (AvgIpc) is 3.83. The number of aromatic nitrogens is 1. The van der Waals surface area contributed by atoms with Gasteiger partial charge in [0.15, 0.2) is 0 Å². The quantitative estimate of drug-likeness (QED) is 0.151. The van der Waals surface area contributed by atoms with Gasteiger partial charge in [0.1, 0.15) is 0 Å². The van der Waals surface area contributed by atoms with Gasteiger partial charge in [0.05, 0.1) is 16.5 Å². The van der Waals surface area contributed by atoms with Crippen LogP contribution in [-0.2, 0) is 5.41 Å². The number of para-hydroxylation sites is 4. The zero-order valence-electron chi connectivity index (χ0n) is 39.5. The second-order valence-electron chi connectivity index (χ2n) is 17.1. The maximum absolute atomic E-state index is 9.59. The van der Waals surface area contributed by atoms with Gasteiger partial charge in [-0.3, -0.25) is 0 Å². The van der Waals surface area contributed by atoms with Crippen LogP contribution in [0.15, 0.2) is 236 Å². The lowest BCUT2D eigenvalue weighted by atomic mass is 9.82. The van der Waals surface area contributed by atoms with Crippen molar-refractivity contribution in [2.75, 3.05) is 9.80 Å². The number of rotatable bonds is 8. The molecule has 0 bridgehead atoms. The second-order valence-corrected chi connectivity index (χ2v) is 17.1. The molecule has 0 aliphatic heterocycles. The molecule has 1 heterocycles. The van der Waals surface area contributed by atoms with Crippen LogP contribution >= 0.6 is 0 Å². The Balaban J connectivity index is 0.944. The summed E-state index contributed by atoms with van der Waals surface area (Å²) in [5.41, 5.74) is 13.6. The van der Waals surface area contributed by atoms with Crippen LogP contribution < -0.4 is 9.80 Å². The van der Waals surface area contributed by atoms with Gasteiger partial charge in [0.25, 0.3) is 0 Å². The van der Waals surface area contributed by atoms with Gasteiger partial charge in [0.2, 0.25) is 0 Å². The summed E-state index contributed by atoms with van der Waals surface area (Å²) in [5, 5.41) is 4.25. The third-order valence-corrected chi connectivity index (χ3v) is 13.0. The lowest BCUT2D eigenvalue weighted by molar-refractivity contribution is 0.660. The fraction of sp³-hybridized carbons (Fsp3) is 0.0492. The van der Waals surface area contributed by atoms with Crippen molar-refractivity contribution in [3.63, 3.8) is 0 Å². The largest absolute Gasteiger partial charge is 0.310 e. The molecular formula is C61H45N3. The Morgan fingerprint density at radius 3 is 1.69 bits per heavy atom. The minimum atomic E-state index is -0.265. The predicted octanol–water partition coefficient (Wildman–Crippen LogP) is 16.8. The number of nitrogens with zero attached hydrogens (tertiary/aromatic N) is 3. The van der Waals surface area contributed by atoms with Gasteiger partial charge in [-0.2, -0.15) is 0 Å². The number of anilines is 6. The van der Waals surface area contributed by atoms with E-state index in [2.05, 4.69) is 169 Å². The zero-order chi connectivity index (χ0) is 46.3. The Morgan fingerprint density at radius 2 is 0.922 bits per heavy atom. The van der Waals surface area contributed by atoms with E-state index < -0.39 is 0 Å². The van der Waals surface area contributed by atoms with E-state index in [1.54, 1.807) is 0 Å². The Morgan fingerprint density at radius 1 is 0.375 bits per heavy atom. The van der Waals surface area contributed by atoms with Gasteiger partial charge in [-0.05, 0) is 147 Å². The fourth-order valence-corrected chi connectivity index (χ4v) is 9.88. The van der Waals surface area contributed by atoms with Crippen LogP contribution in [0.4, 0.5) is 34.1 Å². The summed E-state index contributed by atoms with van der Waals surface area (Å²) < 4.78 is 40.6. The molecule has 3 nitrogen and oxygen atoms in total. The summed E-state index contributed by atoms with van der Waals surface area (Å²) in [5.74, 6) is 0. The van der Waals surface area contributed by atoms with Crippen LogP contribution in [-0.4, -0.2) is 4.57 Å². The highest BCUT2D eigenvalue weighted by Crippen LogP contribution is 2.51. The van der Waals surface area contributed by atoms with Crippen LogP contribution in [0.25, 0.3) is 60.5 Å². The molecule has 1 aliphatic rings. The maximum Gasteiger partial charge on any atom is 0.0645 e. The molecule has 304 valence electrons. The van der Waals surface area contributed by atoms with E-state index in [1.807, 2.05) is 71.6 Å².